The van der Waals surface area contributed by atoms with Crippen molar-refractivity contribution in [1.29, 1.82) is 0 Å². The van der Waals surface area contributed by atoms with Gasteiger partial charge in [0.05, 0.1) is 19.8 Å². The van der Waals surface area contributed by atoms with E-state index >= 15 is 0 Å². The Kier molecular flexibility index (Phi) is 4.19. The first-order valence-corrected chi connectivity index (χ1v) is 10.5. The summed E-state index contributed by atoms with van der Waals surface area (Å²) in [6.07, 6.45) is 2.52. The Hall–Kier alpha value is -1.67. The van der Waals surface area contributed by atoms with Crippen molar-refractivity contribution in [1.82, 2.24) is 9.29 Å². The zero-order valence-electron chi connectivity index (χ0n) is 13.2. The lowest BCUT2D eigenvalue weighted by Gasteiger charge is -2.15. The topological polar surface area (TPSA) is 70.2 Å². The lowest BCUT2D eigenvalue weighted by molar-refractivity contribution is 0.112. The quantitative estimate of drug-likeness (QED) is 0.676. The molecule has 0 bridgehead atoms. The molecule has 3 heterocycles. The average Bonchev–Trinajstić information content (AvgIpc) is 3.33. The number of nitrogens with one attached hydrogen (secondary N) is 1. The molecule has 1 fully saturated rings. The maximum atomic E-state index is 12.8. The summed E-state index contributed by atoms with van der Waals surface area (Å²) in [5.41, 5.74) is 1.84. The number of carbonyl (C=O) groups excluding carboxylic acids is 1. The second kappa shape index (κ2) is 6.25. The fourth-order valence-electron chi connectivity index (χ4n) is 3.20. The van der Waals surface area contributed by atoms with Crippen LogP contribution >= 0.6 is 22.9 Å². The minimum absolute atomic E-state index is 0.222. The van der Waals surface area contributed by atoms with Crippen molar-refractivity contribution in [3.63, 3.8) is 0 Å². The summed E-state index contributed by atoms with van der Waals surface area (Å²) in [7, 11) is -3.52. The van der Waals surface area contributed by atoms with Gasteiger partial charge in [-0.2, -0.15) is 4.31 Å². The largest absolute Gasteiger partial charge is 0.353 e. The van der Waals surface area contributed by atoms with Gasteiger partial charge in [0.2, 0.25) is 10.0 Å². The zero-order valence-corrected chi connectivity index (χ0v) is 15.5. The highest BCUT2D eigenvalue weighted by atomic mass is 35.5. The Bertz CT molecular complexity index is 1060. The number of carbonyl (C=O) groups is 1. The number of benzene rings is 1. The molecular formula is C17H15ClN2O3S2. The van der Waals surface area contributed by atoms with Crippen LogP contribution in [0.4, 0.5) is 0 Å². The fourth-order valence-corrected chi connectivity index (χ4v) is 5.80. The number of H-pyrrole nitrogens is 1. The van der Waals surface area contributed by atoms with Crippen molar-refractivity contribution < 1.29 is 13.2 Å². The highest BCUT2D eigenvalue weighted by Gasteiger charge is 2.28. The van der Waals surface area contributed by atoms with Gasteiger partial charge < -0.3 is 4.98 Å². The van der Waals surface area contributed by atoms with Crippen molar-refractivity contribution >= 4 is 50.2 Å². The van der Waals surface area contributed by atoms with E-state index in [2.05, 4.69) is 4.98 Å². The SMILES string of the molecule is O=Cc1c(-c2ccc(Cl)s2)[nH]c2ccc(S(=O)(=O)N3CCCC3)cc12. The van der Waals surface area contributed by atoms with Gasteiger partial charge in [-0.25, -0.2) is 8.42 Å². The Balaban J connectivity index is 1.87. The minimum atomic E-state index is -3.52. The number of aromatic amines is 1. The molecule has 4 rings (SSSR count). The number of aromatic nitrogens is 1. The predicted molar refractivity (Wildman–Crippen MR) is 100 cm³/mol. The number of hydrogen-bond acceptors (Lipinski definition) is 4. The maximum absolute atomic E-state index is 12.8. The Labute approximate surface area is 154 Å². The van der Waals surface area contributed by atoms with Crippen LogP contribution in [-0.2, 0) is 10.0 Å². The molecule has 2 aromatic heterocycles. The molecule has 0 saturated carbocycles. The molecule has 25 heavy (non-hydrogen) atoms. The molecule has 1 saturated heterocycles. The van der Waals surface area contributed by atoms with E-state index in [1.54, 1.807) is 24.3 Å². The molecule has 0 unspecified atom stereocenters. The van der Waals surface area contributed by atoms with Gasteiger partial charge in [0, 0.05) is 29.6 Å². The van der Waals surface area contributed by atoms with Crippen LogP contribution in [0.15, 0.2) is 35.2 Å². The highest BCUT2D eigenvalue weighted by Crippen LogP contribution is 2.36. The first-order valence-electron chi connectivity index (χ1n) is 7.87. The van der Waals surface area contributed by atoms with Crippen molar-refractivity contribution in [2.75, 3.05) is 13.1 Å². The number of thiophene rings is 1. The van der Waals surface area contributed by atoms with Gasteiger partial charge in [0.15, 0.2) is 6.29 Å². The second-order valence-electron chi connectivity index (χ2n) is 5.95. The predicted octanol–water partition coefficient (Wildman–Crippen LogP) is 4.15. The van der Waals surface area contributed by atoms with Crippen LogP contribution in [-0.4, -0.2) is 37.1 Å². The summed E-state index contributed by atoms with van der Waals surface area (Å²) >= 11 is 7.36. The molecule has 3 aromatic rings. The first kappa shape index (κ1) is 16.8. The molecule has 1 N–H and O–H groups in total. The van der Waals surface area contributed by atoms with Crippen LogP contribution < -0.4 is 0 Å². The van der Waals surface area contributed by atoms with Gasteiger partial charge >= 0.3 is 0 Å². The monoisotopic (exact) mass is 394 g/mol. The summed E-state index contributed by atoms with van der Waals surface area (Å²) in [6, 6.07) is 8.50. The molecule has 0 atom stereocenters. The normalized spacial score (nSPS) is 15.9. The van der Waals surface area contributed by atoms with Gasteiger partial charge in [-0.15, -0.1) is 11.3 Å². The number of nitrogens with zero attached hydrogens (tertiary/aromatic N) is 1. The molecule has 0 amide bonds. The number of aldehydes is 1. The van der Waals surface area contributed by atoms with Crippen LogP contribution in [0.1, 0.15) is 23.2 Å². The van der Waals surface area contributed by atoms with E-state index in [9.17, 15) is 13.2 Å². The van der Waals surface area contributed by atoms with Crippen LogP contribution in [0.25, 0.3) is 21.5 Å². The van der Waals surface area contributed by atoms with Crippen LogP contribution in [0.5, 0.6) is 0 Å². The van der Waals surface area contributed by atoms with E-state index in [4.69, 9.17) is 11.6 Å². The lowest BCUT2D eigenvalue weighted by Crippen LogP contribution is -2.27. The summed E-state index contributed by atoms with van der Waals surface area (Å²) in [6.45, 7) is 1.10. The van der Waals surface area contributed by atoms with E-state index in [0.717, 1.165) is 29.5 Å². The molecule has 0 aliphatic carbocycles. The number of halogens is 1. The Morgan fingerprint density at radius 3 is 2.56 bits per heavy atom. The summed E-state index contributed by atoms with van der Waals surface area (Å²) in [4.78, 5) is 16.0. The van der Waals surface area contributed by atoms with Gasteiger partial charge in [-0.05, 0) is 43.2 Å². The third kappa shape index (κ3) is 2.81. The van der Waals surface area contributed by atoms with E-state index in [1.807, 2.05) is 6.07 Å². The molecule has 1 aliphatic heterocycles. The maximum Gasteiger partial charge on any atom is 0.243 e. The number of rotatable bonds is 4. The minimum Gasteiger partial charge on any atom is -0.353 e. The van der Waals surface area contributed by atoms with Gasteiger partial charge in [0.1, 0.15) is 0 Å². The number of fused-ring (bicyclic) bond motifs is 1. The summed E-state index contributed by atoms with van der Waals surface area (Å²) in [5.74, 6) is 0. The van der Waals surface area contributed by atoms with Crippen molar-refractivity contribution in [2.24, 2.45) is 0 Å². The molecular weight excluding hydrogens is 380 g/mol. The number of hydrogen-bond donors (Lipinski definition) is 1. The molecule has 5 nitrogen and oxygen atoms in total. The summed E-state index contributed by atoms with van der Waals surface area (Å²) in [5, 5.41) is 0.606. The molecule has 0 spiro atoms. The van der Waals surface area contributed by atoms with Crippen molar-refractivity contribution in [2.45, 2.75) is 17.7 Å². The third-order valence-electron chi connectivity index (χ3n) is 4.45. The fraction of sp³-hybridized carbons (Fsp3) is 0.235. The lowest BCUT2D eigenvalue weighted by atomic mass is 10.1. The van der Waals surface area contributed by atoms with E-state index in [0.29, 0.717) is 34.1 Å². The van der Waals surface area contributed by atoms with Crippen molar-refractivity contribution in [3.8, 4) is 10.6 Å². The molecule has 130 valence electrons. The first-order chi connectivity index (χ1) is 12.0. The zero-order chi connectivity index (χ0) is 17.6. The Morgan fingerprint density at radius 1 is 1.16 bits per heavy atom. The molecule has 1 aliphatic rings. The molecule has 0 radical (unpaired) electrons. The number of sulfonamides is 1. The Morgan fingerprint density at radius 2 is 1.92 bits per heavy atom. The molecule has 1 aromatic carbocycles. The van der Waals surface area contributed by atoms with Crippen LogP contribution in [0.3, 0.4) is 0 Å². The second-order valence-corrected chi connectivity index (χ2v) is 9.61. The van der Waals surface area contributed by atoms with Gasteiger partial charge in [-0.3, -0.25) is 4.79 Å². The average molecular weight is 395 g/mol. The highest BCUT2D eigenvalue weighted by molar-refractivity contribution is 7.89. The smallest absolute Gasteiger partial charge is 0.243 e. The van der Waals surface area contributed by atoms with Crippen molar-refractivity contribution in [3.05, 3.63) is 40.2 Å². The van der Waals surface area contributed by atoms with Crippen LogP contribution in [0, 0.1) is 0 Å². The standard InChI is InChI=1S/C17H15ClN2O3S2/c18-16-6-5-15(24-16)17-13(10-21)12-9-11(3-4-14(12)19-17)25(22,23)20-7-1-2-8-20/h3-6,9-10,19H,1-2,7-8H2. The third-order valence-corrected chi connectivity index (χ3v) is 7.59. The summed E-state index contributed by atoms with van der Waals surface area (Å²) < 4.78 is 27.7. The van der Waals surface area contributed by atoms with E-state index < -0.39 is 10.0 Å². The van der Waals surface area contributed by atoms with Gasteiger partial charge in [0.25, 0.3) is 0 Å². The molecule has 8 heteroatoms. The van der Waals surface area contributed by atoms with E-state index in [-0.39, 0.29) is 4.90 Å². The van der Waals surface area contributed by atoms with Crippen LogP contribution in [0.2, 0.25) is 4.34 Å². The van der Waals surface area contributed by atoms with Gasteiger partial charge in [-0.1, -0.05) is 11.6 Å². The van der Waals surface area contributed by atoms with E-state index in [1.165, 1.54) is 15.6 Å².